The minimum atomic E-state index is 0.422. The average Bonchev–Trinajstić information content (AvgIpc) is 3.11. The van der Waals surface area contributed by atoms with Crippen LogP contribution in [0, 0.1) is 0 Å². The van der Waals surface area contributed by atoms with E-state index in [0.717, 1.165) is 55.3 Å². The van der Waals surface area contributed by atoms with Crippen molar-refractivity contribution in [3.05, 3.63) is 72.4 Å². The molecular weight excluding hydrogens is 386 g/mol. The van der Waals surface area contributed by atoms with Crippen molar-refractivity contribution in [1.29, 1.82) is 0 Å². The number of likely N-dealkylation sites (tertiary alicyclic amines) is 1. The number of nitrogens with one attached hydrogen (secondary N) is 2. The van der Waals surface area contributed by atoms with Gasteiger partial charge in [0.05, 0.1) is 11.0 Å². The van der Waals surface area contributed by atoms with Gasteiger partial charge >= 0.3 is 0 Å². The maximum atomic E-state index is 4.66. The Morgan fingerprint density at radius 3 is 2.52 bits per heavy atom. The zero-order valence-electron chi connectivity index (χ0n) is 17.7. The third kappa shape index (κ3) is 4.51. The van der Waals surface area contributed by atoms with Crippen molar-refractivity contribution < 1.29 is 0 Å². The largest absolute Gasteiger partial charge is 0.367 e. The SMILES string of the molecule is Cn1c(Nc2nccc(NC3CCN(Cc4ccccc4)CC3)n2)nc2ccccc21. The third-order valence-corrected chi connectivity index (χ3v) is 5.85. The van der Waals surface area contributed by atoms with Gasteiger partial charge in [-0.15, -0.1) is 0 Å². The number of piperidine rings is 1. The van der Waals surface area contributed by atoms with Gasteiger partial charge in [-0.3, -0.25) is 10.2 Å². The Bertz CT molecular complexity index is 1150. The molecule has 0 saturated carbocycles. The molecule has 0 spiro atoms. The molecule has 0 unspecified atom stereocenters. The summed E-state index contributed by atoms with van der Waals surface area (Å²) >= 11 is 0. The predicted octanol–water partition coefficient (Wildman–Crippen LogP) is 4.18. The number of rotatable bonds is 6. The highest BCUT2D eigenvalue weighted by Gasteiger charge is 2.19. The van der Waals surface area contributed by atoms with E-state index in [2.05, 4.69) is 66.9 Å². The van der Waals surface area contributed by atoms with Gasteiger partial charge in [-0.05, 0) is 36.6 Å². The molecule has 1 aliphatic rings. The standard InChI is InChI=1S/C24H27N7/c1-30-21-10-6-5-9-20(21)27-24(30)29-23-25-14-11-22(28-23)26-19-12-15-31(16-13-19)17-18-7-3-2-4-8-18/h2-11,14,19H,12-13,15-17H2,1H3,(H2,25,26,27,28,29). The second-order valence-corrected chi connectivity index (χ2v) is 8.05. The third-order valence-electron chi connectivity index (χ3n) is 5.85. The quantitative estimate of drug-likeness (QED) is 0.494. The molecule has 1 fully saturated rings. The molecule has 31 heavy (non-hydrogen) atoms. The summed E-state index contributed by atoms with van der Waals surface area (Å²) in [5, 5.41) is 6.84. The van der Waals surface area contributed by atoms with Crippen LogP contribution in [0.2, 0.25) is 0 Å². The minimum absolute atomic E-state index is 0.422. The molecule has 0 bridgehead atoms. The van der Waals surface area contributed by atoms with Gasteiger partial charge in [-0.2, -0.15) is 4.98 Å². The smallest absolute Gasteiger partial charge is 0.231 e. The van der Waals surface area contributed by atoms with Gasteiger partial charge in [0, 0.05) is 38.9 Å². The first kappa shape index (κ1) is 19.5. The number of nitrogens with zero attached hydrogens (tertiary/aromatic N) is 5. The molecule has 7 nitrogen and oxygen atoms in total. The van der Waals surface area contributed by atoms with Crippen LogP contribution in [0.4, 0.5) is 17.7 Å². The Balaban J connectivity index is 1.19. The fraction of sp³-hybridized carbons (Fsp3) is 0.292. The van der Waals surface area contributed by atoms with E-state index in [1.165, 1.54) is 5.56 Å². The minimum Gasteiger partial charge on any atom is -0.367 e. The van der Waals surface area contributed by atoms with E-state index in [1.807, 2.05) is 35.9 Å². The summed E-state index contributed by atoms with van der Waals surface area (Å²) in [5.41, 5.74) is 3.40. The van der Waals surface area contributed by atoms with E-state index in [0.29, 0.717) is 12.0 Å². The van der Waals surface area contributed by atoms with Crippen molar-refractivity contribution in [2.24, 2.45) is 7.05 Å². The van der Waals surface area contributed by atoms with Crippen molar-refractivity contribution >= 4 is 28.7 Å². The van der Waals surface area contributed by atoms with E-state index in [1.54, 1.807) is 6.20 Å². The van der Waals surface area contributed by atoms with Gasteiger partial charge in [0.25, 0.3) is 0 Å². The van der Waals surface area contributed by atoms with Gasteiger partial charge < -0.3 is 9.88 Å². The molecule has 5 rings (SSSR count). The van der Waals surface area contributed by atoms with Crippen LogP contribution in [-0.2, 0) is 13.6 Å². The molecule has 158 valence electrons. The fourth-order valence-electron chi connectivity index (χ4n) is 4.14. The number of para-hydroxylation sites is 2. The Hall–Kier alpha value is -3.45. The molecule has 3 heterocycles. The second-order valence-electron chi connectivity index (χ2n) is 8.05. The molecule has 2 aromatic carbocycles. The van der Waals surface area contributed by atoms with Gasteiger partial charge in [-0.25, -0.2) is 9.97 Å². The van der Waals surface area contributed by atoms with Gasteiger partial charge in [0.2, 0.25) is 11.9 Å². The van der Waals surface area contributed by atoms with Crippen molar-refractivity contribution in [2.45, 2.75) is 25.4 Å². The topological polar surface area (TPSA) is 70.9 Å². The number of benzene rings is 2. The molecule has 0 amide bonds. The first-order valence-electron chi connectivity index (χ1n) is 10.8. The number of fused-ring (bicyclic) bond motifs is 1. The lowest BCUT2D eigenvalue weighted by Gasteiger charge is -2.32. The Morgan fingerprint density at radius 2 is 1.71 bits per heavy atom. The van der Waals surface area contributed by atoms with Gasteiger partial charge in [-0.1, -0.05) is 42.5 Å². The highest BCUT2D eigenvalue weighted by Crippen LogP contribution is 2.21. The predicted molar refractivity (Wildman–Crippen MR) is 124 cm³/mol. The van der Waals surface area contributed by atoms with Crippen LogP contribution in [-0.4, -0.2) is 43.6 Å². The van der Waals surface area contributed by atoms with Crippen LogP contribution in [0.5, 0.6) is 0 Å². The first-order valence-corrected chi connectivity index (χ1v) is 10.8. The molecule has 4 aromatic rings. The molecule has 1 saturated heterocycles. The van der Waals surface area contributed by atoms with Crippen LogP contribution < -0.4 is 10.6 Å². The number of aryl methyl sites for hydroxylation is 1. The highest BCUT2D eigenvalue weighted by atomic mass is 15.3. The van der Waals surface area contributed by atoms with Crippen LogP contribution in [0.15, 0.2) is 66.9 Å². The first-order chi connectivity index (χ1) is 15.2. The van der Waals surface area contributed by atoms with E-state index in [9.17, 15) is 0 Å². The van der Waals surface area contributed by atoms with Crippen LogP contribution in [0.3, 0.4) is 0 Å². The average molecular weight is 414 g/mol. The number of hydrogen-bond donors (Lipinski definition) is 2. The summed E-state index contributed by atoms with van der Waals surface area (Å²) in [6.07, 6.45) is 3.99. The lowest BCUT2D eigenvalue weighted by atomic mass is 10.0. The van der Waals surface area contributed by atoms with Crippen molar-refractivity contribution in [3.63, 3.8) is 0 Å². The monoisotopic (exact) mass is 413 g/mol. The van der Waals surface area contributed by atoms with Crippen molar-refractivity contribution in [3.8, 4) is 0 Å². The summed E-state index contributed by atoms with van der Waals surface area (Å²) in [7, 11) is 1.99. The number of hydrogen-bond acceptors (Lipinski definition) is 6. The van der Waals surface area contributed by atoms with Crippen molar-refractivity contribution in [2.75, 3.05) is 23.7 Å². The zero-order valence-corrected chi connectivity index (χ0v) is 17.7. The lowest BCUT2D eigenvalue weighted by Crippen LogP contribution is -2.38. The molecular formula is C24H27N7. The maximum Gasteiger partial charge on any atom is 0.231 e. The molecule has 0 atom stereocenters. The summed E-state index contributed by atoms with van der Waals surface area (Å²) in [5.74, 6) is 2.12. The molecule has 7 heteroatoms. The molecule has 0 radical (unpaired) electrons. The van der Waals surface area contributed by atoms with E-state index < -0.39 is 0 Å². The number of anilines is 3. The molecule has 2 N–H and O–H groups in total. The fourth-order valence-corrected chi connectivity index (χ4v) is 4.14. The van der Waals surface area contributed by atoms with Crippen LogP contribution in [0.1, 0.15) is 18.4 Å². The number of aromatic nitrogens is 4. The molecule has 2 aromatic heterocycles. The Labute approximate surface area is 182 Å². The molecule has 0 aliphatic carbocycles. The summed E-state index contributed by atoms with van der Waals surface area (Å²) in [6.45, 7) is 3.19. The summed E-state index contributed by atoms with van der Waals surface area (Å²) in [6, 6.07) is 21.1. The second kappa shape index (κ2) is 8.73. The van der Waals surface area contributed by atoms with E-state index in [4.69, 9.17) is 0 Å². The van der Waals surface area contributed by atoms with E-state index >= 15 is 0 Å². The Morgan fingerprint density at radius 1 is 0.935 bits per heavy atom. The highest BCUT2D eigenvalue weighted by molar-refractivity contribution is 5.79. The maximum absolute atomic E-state index is 4.66. The summed E-state index contributed by atoms with van der Waals surface area (Å²) in [4.78, 5) is 16.2. The van der Waals surface area contributed by atoms with Crippen LogP contribution >= 0.6 is 0 Å². The normalized spacial score (nSPS) is 15.3. The number of imidazole rings is 1. The zero-order chi connectivity index (χ0) is 21.0. The molecule has 1 aliphatic heterocycles. The van der Waals surface area contributed by atoms with Crippen molar-refractivity contribution in [1.82, 2.24) is 24.4 Å². The Kier molecular flexibility index (Phi) is 5.50. The lowest BCUT2D eigenvalue weighted by molar-refractivity contribution is 0.211. The van der Waals surface area contributed by atoms with Gasteiger partial charge in [0.15, 0.2) is 0 Å². The van der Waals surface area contributed by atoms with E-state index in [-0.39, 0.29) is 0 Å². The van der Waals surface area contributed by atoms with Crippen LogP contribution in [0.25, 0.3) is 11.0 Å². The van der Waals surface area contributed by atoms with Gasteiger partial charge in [0.1, 0.15) is 5.82 Å². The summed E-state index contributed by atoms with van der Waals surface area (Å²) < 4.78 is 2.02.